The Morgan fingerprint density at radius 1 is 0.829 bits per heavy atom. The van der Waals surface area contributed by atoms with Gasteiger partial charge in [0.25, 0.3) is 11.8 Å². The number of amides is 2. The van der Waals surface area contributed by atoms with Crippen LogP contribution in [0.5, 0.6) is 0 Å². The largest absolute Gasteiger partial charge is 0.331 e. The average Bonchev–Trinajstić information content (AvgIpc) is 3.18. The summed E-state index contributed by atoms with van der Waals surface area (Å²) in [4.78, 5) is 26.8. The number of nitrogens with zero attached hydrogens (tertiary/aromatic N) is 3. The van der Waals surface area contributed by atoms with Crippen LogP contribution in [0, 0.1) is 0 Å². The van der Waals surface area contributed by atoms with Gasteiger partial charge in [0.15, 0.2) is 10.2 Å². The molecular weight excluding hydrogens is 669 g/mol. The summed E-state index contributed by atoms with van der Waals surface area (Å²) in [5.74, 6) is -0.651. The average molecular weight is 691 g/mol. The Kier molecular flexibility index (Phi) is 10.8. The molecule has 41 heavy (non-hydrogen) atoms. The minimum atomic E-state index is -0.329. The number of benzene rings is 3. The molecule has 3 aromatic carbocycles. The number of fused-ring (bicyclic) bond motifs is 1. The molecule has 1 aliphatic rings. The number of carbonyl (C=O) groups excluding carboxylic acids is 2. The highest BCUT2D eigenvalue weighted by molar-refractivity contribution is 9.10. The first-order valence-electron chi connectivity index (χ1n) is 12.1. The molecule has 0 atom stereocenters. The van der Waals surface area contributed by atoms with E-state index in [1.165, 1.54) is 11.1 Å². The molecular formula is C27H22BrCl2N7O2S2. The van der Waals surface area contributed by atoms with Gasteiger partial charge in [-0.2, -0.15) is 10.2 Å². The van der Waals surface area contributed by atoms with Crippen LogP contribution in [0.3, 0.4) is 0 Å². The molecule has 4 N–H and O–H groups in total. The monoisotopic (exact) mass is 689 g/mol. The van der Waals surface area contributed by atoms with Crippen LogP contribution in [0.2, 0.25) is 10.0 Å². The quantitative estimate of drug-likeness (QED) is 0.0879. The Hall–Kier alpha value is -3.42. The molecule has 1 aliphatic heterocycles. The maximum absolute atomic E-state index is 12.8. The highest BCUT2D eigenvalue weighted by atomic mass is 79.9. The predicted octanol–water partition coefficient (Wildman–Crippen LogP) is 6.45. The van der Waals surface area contributed by atoms with Gasteiger partial charge in [-0.3, -0.25) is 25.3 Å². The summed E-state index contributed by atoms with van der Waals surface area (Å²) in [7, 11) is 0. The zero-order valence-electron chi connectivity index (χ0n) is 21.2. The Morgan fingerprint density at radius 2 is 1.39 bits per heavy atom. The van der Waals surface area contributed by atoms with Crippen LogP contribution in [0.15, 0.2) is 81.4 Å². The van der Waals surface area contributed by atoms with Crippen molar-refractivity contribution in [2.75, 3.05) is 17.2 Å². The lowest BCUT2D eigenvalue weighted by Gasteiger charge is -2.13. The summed E-state index contributed by atoms with van der Waals surface area (Å²) in [6.45, 7) is 0.203. The zero-order chi connectivity index (χ0) is 29.4. The molecule has 14 heteroatoms. The molecule has 9 nitrogen and oxygen atoms in total. The van der Waals surface area contributed by atoms with Crippen molar-refractivity contribution in [3.05, 3.63) is 92.4 Å². The van der Waals surface area contributed by atoms with Gasteiger partial charge in [-0.15, -0.1) is 0 Å². The maximum Gasteiger partial charge on any atom is 0.261 e. The van der Waals surface area contributed by atoms with E-state index in [-0.39, 0.29) is 28.6 Å². The number of nitrogens with one attached hydrogen (secondary N) is 4. The molecule has 3 aromatic rings. The lowest BCUT2D eigenvalue weighted by atomic mass is 10.1. The molecule has 0 aromatic heterocycles. The van der Waals surface area contributed by atoms with Gasteiger partial charge in [0.1, 0.15) is 0 Å². The first kappa shape index (κ1) is 30.5. The third-order valence-corrected chi connectivity index (χ3v) is 7.02. The van der Waals surface area contributed by atoms with Gasteiger partial charge in [0, 0.05) is 32.4 Å². The number of hydrogen-bond donors (Lipinski definition) is 4. The summed E-state index contributed by atoms with van der Waals surface area (Å²) < 4.78 is 0.732. The summed E-state index contributed by atoms with van der Waals surface area (Å²) in [5, 5.41) is 16.3. The Balaban J connectivity index is 1.37. The molecule has 4 rings (SSSR count). The molecule has 0 radical (unpaired) electrons. The van der Waals surface area contributed by atoms with Crippen LogP contribution >= 0.6 is 63.6 Å². The van der Waals surface area contributed by atoms with E-state index in [9.17, 15) is 9.59 Å². The highest BCUT2D eigenvalue weighted by Crippen LogP contribution is 2.26. The van der Waals surface area contributed by atoms with Gasteiger partial charge >= 0.3 is 0 Å². The summed E-state index contributed by atoms with van der Waals surface area (Å²) >= 11 is 25.8. The smallest absolute Gasteiger partial charge is 0.261 e. The molecule has 0 saturated heterocycles. The van der Waals surface area contributed by atoms with Gasteiger partial charge < -0.3 is 10.6 Å². The van der Waals surface area contributed by atoms with Crippen molar-refractivity contribution in [1.29, 1.82) is 0 Å². The zero-order valence-corrected chi connectivity index (χ0v) is 25.9. The number of halogens is 3. The van der Waals surface area contributed by atoms with Crippen LogP contribution in [-0.4, -0.2) is 45.4 Å². The number of anilines is 2. The number of hydrazone groups is 2. The second-order valence-electron chi connectivity index (χ2n) is 8.56. The number of imide groups is 1. The van der Waals surface area contributed by atoms with Crippen molar-refractivity contribution in [3.63, 3.8) is 0 Å². The van der Waals surface area contributed by atoms with Gasteiger partial charge in [-0.1, -0.05) is 39.1 Å². The van der Waals surface area contributed by atoms with Crippen molar-refractivity contribution < 1.29 is 9.59 Å². The summed E-state index contributed by atoms with van der Waals surface area (Å²) in [5.41, 5.74) is 8.26. The molecule has 2 amide bonds. The minimum absolute atomic E-state index is 0.203. The fourth-order valence-corrected chi connectivity index (χ4v) is 4.65. The topological polar surface area (TPSA) is 110 Å². The number of hydrogen-bond acceptors (Lipinski definition) is 6. The first-order valence-corrected chi connectivity index (χ1v) is 14.5. The number of carbonyl (C=O) groups is 2. The normalized spacial score (nSPS) is 12.9. The van der Waals surface area contributed by atoms with E-state index in [2.05, 4.69) is 47.6 Å². The molecule has 1 heterocycles. The summed E-state index contributed by atoms with van der Waals surface area (Å²) in [6, 6.07) is 19.1. The maximum atomic E-state index is 12.8. The lowest BCUT2D eigenvalue weighted by molar-refractivity contribution is 0.0653. The number of thiocarbonyl (C=S) groups is 2. The van der Waals surface area contributed by atoms with E-state index in [1.807, 2.05) is 0 Å². The lowest BCUT2D eigenvalue weighted by Crippen LogP contribution is -2.31. The fraction of sp³-hybridized carbons (Fsp3) is 0.111. The van der Waals surface area contributed by atoms with E-state index in [0.717, 1.165) is 15.8 Å². The van der Waals surface area contributed by atoms with E-state index in [4.69, 9.17) is 47.6 Å². The van der Waals surface area contributed by atoms with Crippen LogP contribution in [0.1, 0.15) is 33.6 Å². The van der Waals surface area contributed by atoms with Crippen LogP contribution < -0.4 is 21.5 Å². The van der Waals surface area contributed by atoms with Crippen molar-refractivity contribution in [2.45, 2.75) is 12.8 Å². The Bertz CT molecular complexity index is 1530. The Morgan fingerprint density at radius 3 is 2.00 bits per heavy atom. The van der Waals surface area contributed by atoms with Crippen molar-refractivity contribution in [3.8, 4) is 0 Å². The van der Waals surface area contributed by atoms with E-state index in [0.29, 0.717) is 39.7 Å². The first-order chi connectivity index (χ1) is 19.7. The van der Waals surface area contributed by atoms with Crippen molar-refractivity contribution in [2.24, 2.45) is 10.2 Å². The predicted molar refractivity (Wildman–Crippen MR) is 176 cm³/mol. The second kappa shape index (κ2) is 14.5. The summed E-state index contributed by atoms with van der Waals surface area (Å²) in [6.07, 6.45) is 2.29. The van der Waals surface area contributed by atoms with Crippen molar-refractivity contribution in [1.82, 2.24) is 15.8 Å². The van der Waals surface area contributed by atoms with Gasteiger partial charge in [0.2, 0.25) is 0 Å². The van der Waals surface area contributed by atoms with Crippen molar-refractivity contribution >= 4 is 109 Å². The molecule has 0 aliphatic carbocycles. The van der Waals surface area contributed by atoms with Crippen LogP contribution in [0.4, 0.5) is 11.4 Å². The molecule has 0 unspecified atom stereocenters. The Labute approximate surface area is 265 Å². The van der Waals surface area contributed by atoms with Gasteiger partial charge in [0.05, 0.1) is 23.1 Å². The second-order valence-corrected chi connectivity index (χ2v) is 11.2. The minimum Gasteiger partial charge on any atom is -0.331 e. The standard InChI is InChI=1S/C27H22BrCl2N7O2S2/c28-16-3-12-22-23(14-16)25(39)37(24(22)38)13-1-2-21(34-36-27(41)33-20-10-6-18(30)7-11-20)15-31-35-26(40)32-19-8-4-17(29)5-9-19/h3-12,14-15H,1-2,13H2,(H2,32,35,40)(H2,33,36,41)/b31-15+,34-21+. The van der Waals surface area contributed by atoms with Crippen LogP contribution in [-0.2, 0) is 0 Å². The van der Waals surface area contributed by atoms with Gasteiger partial charge in [-0.05, 0) is 104 Å². The van der Waals surface area contributed by atoms with Gasteiger partial charge in [-0.25, -0.2) is 0 Å². The van der Waals surface area contributed by atoms with E-state index in [1.54, 1.807) is 66.7 Å². The highest BCUT2D eigenvalue weighted by Gasteiger charge is 2.35. The molecule has 210 valence electrons. The third-order valence-electron chi connectivity index (χ3n) is 5.63. The van der Waals surface area contributed by atoms with E-state index >= 15 is 0 Å². The third kappa shape index (κ3) is 8.78. The molecule has 0 spiro atoms. The molecule has 0 fully saturated rings. The van der Waals surface area contributed by atoms with Crippen LogP contribution in [0.25, 0.3) is 0 Å². The molecule has 0 bridgehead atoms. The molecule has 0 saturated carbocycles. The fourth-order valence-electron chi connectivity index (χ4n) is 3.71. The van der Waals surface area contributed by atoms with E-state index < -0.39 is 0 Å². The number of rotatable bonds is 9. The SMILES string of the molecule is O=C1c2ccc(Br)cc2C(=O)N1CCCC(/C=N/NC(=S)Nc1ccc(Cl)cc1)=N\NC(=S)Nc1ccc(Cl)cc1.